The zero-order valence-corrected chi connectivity index (χ0v) is 21.0. The number of amides is 1. The van der Waals surface area contributed by atoms with Gasteiger partial charge in [0, 0.05) is 37.1 Å². The Labute approximate surface area is 199 Å². The summed E-state index contributed by atoms with van der Waals surface area (Å²) >= 11 is 4.50. The van der Waals surface area contributed by atoms with Crippen LogP contribution in [0.25, 0.3) is 11.1 Å². The van der Waals surface area contributed by atoms with Gasteiger partial charge in [-0.2, -0.15) is 12.6 Å². The summed E-state index contributed by atoms with van der Waals surface area (Å²) in [5, 5.41) is 0. The smallest absolute Gasteiger partial charge is 0.302 e. The Bertz CT molecular complexity index is 1150. The number of carbonyl (C=O) groups is 2. The summed E-state index contributed by atoms with van der Waals surface area (Å²) in [4.78, 5) is 26.8. The van der Waals surface area contributed by atoms with Crippen molar-refractivity contribution < 1.29 is 27.1 Å². The number of sulfone groups is 1. The summed E-state index contributed by atoms with van der Waals surface area (Å²) in [6, 6.07) is 11.4. The molecule has 0 bridgehead atoms. The minimum atomic E-state index is -3.43. The summed E-state index contributed by atoms with van der Waals surface area (Å²) in [5.41, 5.74) is 1.50. The van der Waals surface area contributed by atoms with Gasteiger partial charge >= 0.3 is 5.97 Å². The van der Waals surface area contributed by atoms with Crippen LogP contribution < -0.4 is 0 Å². The number of hydrogen-bond acceptors (Lipinski definition) is 6. The summed E-state index contributed by atoms with van der Waals surface area (Å²) in [6.45, 7) is 5.06. The maximum atomic E-state index is 13.6. The molecule has 0 saturated carbocycles. The summed E-state index contributed by atoms with van der Waals surface area (Å²) < 4.78 is 42.1. The first-order valence-corrected chi connectivity index (χ1v) is 12.4. The van der Waals surface area contributed by atoms with Gasteiger partial charge in [-0.25, -0.2) is 12.8 Å². The van der Waals surface area contributed by atoms with Gasteiger partial charge in [0.05, 0.1) is 10.5 Å². The van der Waals surface area contributed by atoms with E-state index in [1.165, 1.54) is 48.2 Å². The lowest BCUT2D eigenvalue weighted by molar-refractivity contribution is -0.139. The van der Waals surface area contributed by atoms with Crippen LogP contribution in [0.1, 0.15) is 31.9 Å². The van der Waals surface area contributed by atoms with Gasteiger partial charge in [-0.05, 0) is 49.2 Å². The summed E-state index contributed by atoms with van der Waals surface area (Å²) in [5.74, 6) is -1.39. The normalized spacial score (nSPS) is 12.7. The highest BCUT2D eigenvalue weighted by Crippen LogP contribution is 2.30. The van der Waals surface area contributed by atoms with Gasteiger partial charge in [-0.15, -0.1) is 0 Å². The molecule has 0 aromatic heterocycles. The number of likely N-dealkylation sites (N-methyl/N-ethyl adjacent to an activating group) is 1. The van der Waals surface area contributed by atoms with E-state index in [4.69, 9.17) is 4.74 Å². The third-order valence-electron chi connectivity index (χ3n) is 4.67. The van der Waals surface area contributed by atoms with Gasteiger partial charge in [-0.1, -0.05) is 24.3 Å². The fourth-order valence-corrected chi connectivity index (χ4v) is 4.11. The summed E-state index contributed by atoms with van der Waals surface area (Å²) in [6.07, 6.45) is 1.10. The predicted molar refractivity (Wildman–Crippen MR) is 130 cm³/mol. The number of hydrogen-bond donors (Lipinski definition) is 1. The minimum absolute atomic E-state index is 0.113. The molecule has 2 aromatic rings. The van der Waals surface area contributed by atoms with Crippen molar-refractivity contribution in [3.05, 3.63) is 65.5 Å². The predicted octanol–water partition coefficient (Wildman–Crippen LogP) is 3.87. The quantitative estimate of drug-likeness (QED) is 0.261. The highest BCUT2D eigenvalue weighted by atomic mass is 32.2. The molecular formula is C24H28FNO5S2. The van der Waals surface area contributed by atoms with Crippen molar-refractivity contribution in [1.82, 2.24) is 4.90 Å². The van der Waals surface area contributed by atoms with Gasteiger partial charge in [0.15, 0.2) is 9.84 Å². The van der Waals surface area contributed by atoms with E-state index >= 15 is 0 Å². The molecule has 0 unspecified atom stereocenters. The molecule has 0 spiro atoms. The molecule has 1 amide bonds. The van der Waals surface area contributed by atoms with Crippen molar-refractivity contribution in [3.63, 3.8) is 0 Å². The van der Waals surface area contributed by atoms with Crippen LogP contribution in [0, 0.1) is 5.82 Å². The number of rotatable bonds is 8. The maximum Gasteiger partial charge on any atom is 0.302 e. The van der Waals surface area contributed by atoms with Crippen LogP contribution in [0.3, 0.4) is 0 Å². The fourth-order valence-electron chi connectivity index (χ4n) is 3.26. The molecule has 0 aliphatic rings. The molecule has 6 nitrogen and oxygen atoms in total. The Morgan fingerprint density at radius 1 is 1.03 bits per heavy atom. The van der Waals surface area contributed by atoms with Crippen molar-refractivity contribution in [3.8, 4) is 0 Å². The van der Waals surface area contributed by atoms with Gasteiger partial charge in [0.1, 0.15) is 12.4 Å². The number of ether oxygens (including phenoxy) is 1. The second kappa shape index (κ2) is 10.5. The Hall–Kier alpha value is -2.65. The topological polar surface area (TPSA) is 80.8 Å². The zero-order valence-electron chi connectivity index (χ0n) is 19.3. The van der Waals surface area contributed by atoms with E-state index in [0.717, 1.165) is 6.26 Å². The third-order valence-corrected chi connectivity index (χ3v) is 5.94. The van der Waals surface area contributed by atoms with Crippen LogP contribution in [0.5, 0.6) is 0 Å². The molecule has 0 N–H and O–H groups in total. The lowest BCUT2D eigenvalue weighted by Gasteiger charge is -2.28. The Morgan fingerprint density at radius 3 is 2.00 bits per heavy atom. The number of thiol groups is 1. The van der Waals surface area contributed by atoms with E-state index in [1.54, 1.807) is 19.2 Å². The minimum Gasteiger partial charge on any atom is -0.461 e. The molecule has 0 atom stereocenters. The maximum absolute atomic E-state index is 13.6. The molecule has 9 heteroatoms. The second-order valence-corrected chi connectivity index (χ2v) is 11.6. The second-order valence-electron chi connectivity index (χ2n) is 8.41. The fraction of sp³-hybridized carbons (Fsp3) is 0.333. The van der Waals surface area contributed by atoms with Crippen molar-refractivity contribution in [2.75, 3.05) is 26.5 Å². The standard InChI is InChI=1S/C24H28FNO5S2/c1-16(27)31-14-21(17-8-12-20(13-9-17)33(5,29)30)22(18-6-10-19(25)11-7-18)23(28)26(4)15-24(2,3)32/h6-13,32H,14-15H2,1-5H3. The van der Waals surface area contributed by atoms with Crippen LogP contribution in [0.15, 0.2) is 53.4 Å². The van der Waals surface area contributed by atoms with E-state index in [2.05, 4.69) is 12.6 Å². The van der Waals surface area contributed by atoms with Crippen molar-refractivity contribution in [1.29, 1.82) is 0 Å². The molecule has 0 aliphatic heterocycles. The van der Waals surface area contributed by atoms with Crippen molar-refractivity contribution >= 4 is 45.5 Å². The molecule has 2 rings (SSSR count). The van der Waals surface area contributed by atoms with E-state index in [1.807, 2.05) is 13.8 Å². The molecular weight excluding hydrogens is 465 g/mol. The number of esters is 1. The molecule has 178 valence electrons. The third kappa shape index (κ3) is 7.71. The van der Waals surface area contributed by atoms with E-state index < -0.39 is 26.4 Å². The molecule has 0 heterocycles. The van der Waals surface area contributed by atoms with Gasteiger partial charge in [-0.3, -0.25) is 9.59 Å². The average Bonchev–Trinajstić information content (AvgIpc) is 2.69. The van der Waals surface area contributed by atoms with E-state index in [0.29, 0.717) is 23.2 Å². The van der Waals surface area contributed by atoms with Gasteiger partial charge < -0.3 is 9.64 Å². The molecule has 0 saturated heterocycles. The Balaban J connectivity index is 2.75. The first-order chi connectivity index (χ1) is 15.2. The highest BCUT2D eigenvalue weighted by molar-refractivity contribution is 7.90. The number of nitrogens with zero attached hydrogens (tertiary/aromatic N) is 1. The van der Waals surface area contributed by atoms with Crippen LogP contribution in [0.4, 0.5) is 4.39 Å². The monoisotopic (exact) mass is 493 g/mol. The zero-order chi connectivity index (χ0) is 25.0. The van der Waals surface area contributed by atoms with Crippen molar-refractivity contribution in [2.24, 2.45) is 0 Å². The van der Waals surface area contributed by atoms with Crippen LogP contribution in [0.2, 0.25) is 0 Å². The molecule has 2 aromatic carbocycles. The molecule has 33 heavy (non-hydrogen) atoms. The first kappa shape index (κ1) is 26.6. The lowest BCUT2D eigenvalue weighted by atomic mass is 9.93. The average molecular weight is 494 g/mol. The molecule has 0 aliphatic carbocycles. The van der Waals surface area contributed by atoms with Crippen LogP contribution in [-0.4, -0.2) is 56.4 Å². The first-order valence-electron chi connectivity index (χ1n) is 10.1. The Kier molecular flexibility index (Phi) is 8.48. The summed E-state index contributed by atoms with van der Waals surface area (Å²) in [7, 11) is -1.80. The largest absolute Gasteiger partial charge is 0.461 e. The van der Waals surface area contributed by atoms with Crippen LogP contribution >= 0.6 is 12.6 Å². The SMILES string of the molecule is CC(=O)OCC(=C(C(=O)N(C)CC(C)(C)S)c1ccc(F)cc1)c1ccc(S(C)(=O)=O)cc1. The highest BCUT2D eigenvalue weighted by Gasteiger charge is 2.26. The number of halogens is 1. The number of carbonyl (C=O) groups excluding carboxylic acids is 2. The molecule has 0 fully saturated rings. The van der Waals surface area contributed by atoms with Gasteiger partial charge in [0.25, 0.3) is 5.91 Å². The van der Waals surface area contributed by atoms with Crippen molar-refractivity contribution in [2.45, 2.75) is 30.4 Å². The van der Waals surface area contributed by atoms with E-state index in [-0.39, 0.29) is 23.0 Å². The lowest BCUT2D eigenvalue weighted by Crippen LogP contribution is -2.37. The van der Waals surface area contributed by atoms with Crippen LogP contribution in [-0.2, 0) is 24.2 Å². The van der Waals surface area contributed by atoms with Gasteiger partial charge in [0.2, 0.25) is 0 Å². The van der Waals surface area contributed by atoms with E-state index in [9.17, 15) is 22.4 Å². The number of benzene rings is 2. The molecule has 0 radical (unpaired) electrons. The Morgan fingerprint density at radius 2 is 1.55 bits per heavy atom.